The molecule has 3 heterocycles. The fourth-order valence-electron chi connectivity index (χ4n) is 4.03. The standard InChI is InChI=1S/C17H30N4O/c1-16(2)9-15(17(3,4)22-16)19-13-7-6-8-21(11-13)14-10-18-20(5)12-14/h10,12-13,15,19H,6-9,11H2,1-5H3. The first-order valence-corrected chi connectivity index (χ1v) is 8.45. The Kier molecular flexibility index (Phi) is 3.98. The molecule has 5 heteroatoms. The Morgan fingerprint density at radius 3 is 2.68 bits per heavy atom. The van der Waals surface area contributed by atoms with Gasteiger partial charge in [0.1, 0.15) is 0 Å². The van der Waals surface area contributed by atoms with Gasteiger partial charge in [-0.25, -0.2) is 0 Å². The number of ether oxygens (including phenoxy) is 1. The Balaban J connectivity index is 1.63. The van der Waals surface area contributed by atoms with Gasteiger partial charge in [0.25, 0.3) is 0 Å². The topological polar surface area (TPSA) is 42.3 Å². The average molecular weight is 306 g/mol. The lowest BCUT2D eigenvalue weighted by molar-refractivity contribution is -0.0705. The quantitative estimate of drug-likeness (QED) is 0.931. The van der Waals surface area contributed by atoms with Crippen molar-refractivity contribution in [3.63, 3.8) is 0 Å². The third-order valence-corrected chi connectivity index (χ3v) is 4.99. The molecule has 1 aromatic heterocycles. The first-order valence-electron chi connectivity index (χ1n) is 8.45. The van der Waals surface area contributed by atoms with E-state index < -0.39 is 0 Å². The molecule has 0 saturated carbocycles. The smallest absolute Gasteiger partial charge is 0.0787 e. The Labute approximate surface area is 134 Å². The van der Waals surface area contributed by atoms with E-state index >= 15 is 0 Å². The number of piperidine rings is 1. The lowest BCUT2D eigenvalue weighted by atomic mass is 9.92. The van der Waals surface area contributed by atoms with Crippen LogP contribution >= 0.6 is 0 Å². The molecule has 124 valence electrons. The van der Waals surface area contributed by atoms with E-state index in [1.165, 1.54) is 18.5 Å². The first-order chi connectivity index (χ1) is 10.3. The van der Waals surface area contributed by atoms with Crippen molar-refractivity contribution < 1.29 is 4.74 Å². The lowest BCUT2D eigenvalue weighted by Gasteiger charge is -2.37. The van der Waals surface area contributed by atoms with Crippen molar-refractivity contribution in [1.82, 2.24) is 15.1 Å². The molecular weight excluding hydrogens is 276 g/mol. The number of nitrogens with one attached hydrogen (secondary N) is 1. The van der Waals surface area contributed by atoms with E-state index in [-0.39, 0.29) is 11.2 Å². The van der Waals surface area contributed by atoms with Crippen molar-refractivity contribution in [2.24, 2.45) is 7.05 Å². The van der Waals surface area contributed by atoms with Crippen LogP contribution in [0.25, 0.3) is 0 Å². The maximum atomic E-state index is 6.22. The van der Waals surface area contributed by atoms with E-state index in [2.05, 4.69) is 49.2 Å². The van der Waals surface area contributed by atoms with Crippen LogP contribution in [-0.2, 0) is 11.8 Å². The molecule has 0 spiro atoms. The van der Waals surface area contributed by atoms with Gasteiger partial charge in [-0.15, -0.1) is 0 Å². The summed E-state index contributed by atoms with van der Waals surface area (Å²) in [6, 6.07) is 0.942. The van der Waals surface area contributed by atoms with Crippen molar-refractivity contribution in [3.8, 4) is 0 Å². The molecule has 0 amide bonds. The molecule has 0 aliphatic carbocycles. The number of nitrogens with zero attached hydrogens (tertiary/aromatic N) is 3. The molecule has 3 rings (SSSR count). The summed E-state index contributed by atoms with van der Waals surface area (Å²) < 4.78 is 8.09. The SMILES string of the molecule is Cn1cc(N2CCCC(NC3CC(C)(C)OC3(C)C)C2)cn1. The van der Waals surface area contributed by atoms with Gasteiger partial charge in [-0.05, 0) is 47.0 Å². The van der Waals surface area contributed by atoms with Gasteiger partial charge in [0.15, 0.2) is 0 Å². The maximum Gasteiger partial charge on any atom is 0.0787 e. The van der Waals surface area contributed by atoms with Crippen LogP contribution in [0.4, 0.5) is 5.69 Å². The minimum atomic E-state index is -0.0971. The normalized spacial score (nSPS) is 30.7. The molecule has 2 atom stereocenters. The second-order valence-corrected chi connectivity index (χ2v) is 8.05. The Morgan fingerprint density at radius 1 is 1.32 bits per heavy atom. The van der Waals surface area contributed by atoms with Gasteiger partial charge in [0.05, 0.1) is 23.1 Å². The van der Waals surface area contributed by atoms with E-state index in [9.17, 15) is 0 Å². The third-order valence-electron chi connectivity index (χ3n) is 4.99. The first kappa shape index (κ1) is 15.8. The number of hydrogen-bond acceptors (Lipinski definition) is 4. The summed E-state index contributed by atoms with van der Waals surface area (Å²) in [7, 11) is 1.98. The zero-order valence-electron chi connectivity index (χ0n) is 14.6. The van der Waals surface area contributed by atoms with E-state index in [4.69, 9.17) is 4.74 Å². The van der Waals surface area contributed by atoms with Crippen molar-refractivity contribution in [3.05, 3.63) is 12.4 Å². The highest BCUT2D eigenvalue weighted by Gasteiger charge is 2.46. The summed E-state index contributed by atoms with van der Waals surface area (Å²) in [4.78, 5) is 2.45. The van der Waals surface area contributed by atoms with Crippen LogP contribution in [0.3, 0.4) is 0 Å². The fraction of sp³-hybridized carbons (Fsp3) is 0.824. The molecule has 2 unspecified atom stereocenters. The zero-order valence-corrected chi connectivity index (χ0v) is 14.6. The molecule has 2 saturated heterocycles. The highest BCUT2D eigenvalue weighted by atomic mass is 16.5. The van der Waals surface area contributed by atoms with Gasteiger partial charge < -0.3 is 15.0 Å². The molecule has 0 bridgehead atoms. The third kappa shape index (κ3) is 3.30. The fourth-order valence-corrected chi connectivity index (χ4v) is 4.03. The van der Waals surface area contributed by atoms with Gasteiger partial charge in [0.2, 0.25) is 0 Å². The van der Waals surface area contributed by atoms with Crippen molar-refractivity contribution in [1.29, 1.82) is 0 Å². The number of aromatic nitrogens is 2. The number of anilines is 1. The number of rotatable bonds is 3. The summed E-state index contributed by atoms with van der Waals surface area (Å²) >= 11 is 0. The molecular formula is C17H30N4O. The summed E-state index contributed by atoms with van der Waals surface area (Å²) in [5.41, 5.74) is 1.11. The molecule has 1 aromatic rings. The molecule has 2 aliphatic rings. The minimum absolute atomic E-state index is 0.0289. The van der Waals surface area contributed by atoms with Crippen LogP contribution in [0.2, 0.25) is 0 Å². The Bertz CT molecular complexity index is 522. The van der Waals surface area contributed by atoms with Crippen LogP contribution < -0.4 is 10.2 Å². The summed E-state index contributed by atoms with van der Waals surface area (Å²) in [5, 5.41) is 8.17. The second kappa shape index (κ2) is 5.53. The van der Waals surface area contributed by atoms with E-state index in [1.807, 2.05) is 17.9 Å². The van der Waals surface area contributed by atoms with Crippen LogP contribution in [0.15, 0.2) is 12.4 Å². The largest absolute Gasteiger partial charge is 0.368 e. The average Bonchev–Trinajstić information content (AvgIpc) is 2.91. The number of aryl methyl sites for hydroxylation is 1. The molecule has 2 fully saturated rings. The van der Waals surface area contributed by atoms with E-state index in [1.54, 1.807) is 0 Å². The predicted octanol–water partition coefficient (Wildman–Crippen LogP) is 2.32. The van der Waals surface area contributed by atoms with E-state index in [0.29, 0.717) is 12.1 Å². The van der Waals surface area contributed by atoms with Gasteiger partial charge in [0, 0.05) is 38.4 Å². The molecule has 2 aliphatic heterocycles. The highest BCUT2D eigenvalue weighted by Crippen LogP contribution is 2.37. The monoisotopic (exact) mass is 306 g/mol. The van der Waals surface area contributed by atoms with Crippen molar-refractivity contribution >= 4 is 5.69 Å². The van der Waals surface area contributed by atoms with Gasteiger partial charge in [-0.2, -0.15) is 5.10 Å². The minimum Gasteiger partial charge on any atom is -0.368 e. The highest BCUT2D eigenvalue weighted by molar-refractivity contribution is 5.43. The number of hydrogen-bond donors (Lipinski definition) is 1. The molecule has 1 N–H and O–H groups in total. The lowest BCUT2D eigenvalue weighted by Crippen LogP contribution is -2.53. The zero-order chi connectivity index (χ0) is 16.0. The summed E-state index contributed by atoms with van der Waals surface area (Å²) in [5.74, 6) is 0. The van der Waals surface area contributed by atoms with Gasteiger partial charge in [-0.3, -0.25) is 4.68 Å². The maximum absolute atomic E-state index is 6.22. The van der Waals surface area contributed by atoms with E-state index in [0.717, 1.165) is 19.5 Å². The van der Waals surface area contributed by atoms with Crippen LogP contribution in [-0.4, -0.2) is 46.2 Å². The van der Waals surface area contributed by atoms with Gasteiger partial charge >= 0.3 is 0 Å². The predicted molar refractivity (Wildman–Crippen MR) is 89.2 cm³/mol. The van der Waals surface area contributed by atoms with Crippen molar-refractivity contribution in [2.45, 2.75) is 70.2 Å². The molecule has 22 heavy (non-hydrogen) atoms. The van der Waals surface area contributed by atoms with Crippen LogP contribution in [0.1, 0.15) is 47.0 Å². The van der Waals surface area contributed by atoms with Gasteiger partial charge in [-0.1, -0.05) is 0 Å². The molecule has 0 radical (unpaired) electrons. The molecule has 0 aromatic carbocycles. The van der Waals surface area contributed by atoms with Crippen LogP contribution in [0, 0.1) is 0 Å². The van der Waals surface area contributed by atoms with Crippen LogP contribution in [0.5, 0.6) is 0 Å². The molecule has 5 nitrogen and oxygen atoms in total. The Morgan fingerprint density at radius 2 is 2.09 bits per heavy atom. The second-order valence-electron chi connectivity index (χ2n) is 8.05. The summed E-state index contributed by atoms with van der Waals surface area (Å²) in [6.07, 6.45) is 7.61. The van der Waals surface area contributed by atoms with Crippen molar-refractivity contribution in [2.75, 3.05) is 18.0 Å². The Hall–Kier alpha value is -1.07. The summed E-state index contributed by atoms with van der Waals surface area (Å²) in [6.45, 7) is 11.0.